The first-order valence-electron chi connectivity index (χ1n) is 14.2. The highest BCUT2D eigenvalue weighted by Crippen LogP contribution is 2.65. The third kappa shape index (κ3) is 6.35. The molecule has 4 N–H and O–H groups in total. The lowest BCUT2D eigenvalue weighted by Crippen LogP contribution is -2.65. The molecule has 2 heterocycles. The predicted octanol–water partition coefficient (Wildman–Crippen LogP) is 3.14. The monoisotopic (exact) mass is 559 g/mol. The lowest BCUT2D eigenvalue weighted by molar-refractivity contribution is -0.525. The van der Waals surface area contributed by atoms with Gasteiger partial charge in [0.15, 0.2) is 10.8 Å². The summed E-state index contributed by atoms with van der Waals surface area (Å²) in [6, 6.07) is 1.57. The van der Waals surface area contributed by atoms with Gasteiger partial charge in [-0.05, 0) is 68.3 Å². The number of nitrogens with two attached hydrogens (primary N) is 1. The molecular formula is C27H42BN5O7. The molecule has 0 aromatic carbocycles. The number of carbonyl (C=O) groups excluding carboxylic acids is 2. The van der Waals surface area contributed by atoms with Gasteiger partial charge in [-0.15, -0.1) is 0 Å². The van der Waals surface area contributed by atoms with Gasteiger partial charge in [0.05, 0.1) is 29.5 Å². The number of hydrogen-bond acceptors (Lipinski definition) is 8. The molecule has 1 aromatic heterocycles. The zero-order valence-corrected chi connectivity index (χ0v) is 24.1. The quantitative estimate of drug-likeness (QED) is 0.0624. The van der Waals surface area contributed by atoms with Gasteiger partial charge >= 0.3 is 7.12 Å². The van der Waals surface area contributed by atoms with Crippen LogP contribution in [0.4, 0.5) is 0 Å². The molecule has 5 rings (SSSR count). The molecule has 4 aliphatic rings. The van der Waals surface area contributed by atoms with Crippen LogP contribution in [0.25, 0.3) is 0 Å². The molecule has 1 saturated heterocycles. The zero-order valence-electron chi connectivity index (χ0n) is 24.1. The summed E-state index contributed by atoms with van der Waals surface area (Å²) in [6.45, 7) is 11.1. The minimum Gasteiger partial charge on any atom is -0.472 e. The van der Waals surface area contributed by atoms with Gasteiger partial charge < -0.3 is 24.8 Å². The summed E-state index contributed by atoms with van der Waals surface area (Å²) in [7, 11) is -0.570. The summed E-state index contributed by atoms with van der Waals surface area (Å²) in [4.78, 5) is 41.0. The number of nitrogens with one attached hydrogen (secondary N) is 2. The van der Waals surface area contributed by atoms with Crippen molar-refractivity contribution in [3.05, 3.63) is 34.3 Å². The van der Waals surface area contributed by atoms with Crippen LogP contribution in [-0.2, 0) is 14.1 Å². The molecule has 3 aliphatic carbocycles. The molecular weight excluding hydrogens is 517 g/mol. The van der Waals surface area contributed by atoms with Crippen LogP contribution in [0.1, 0.15) is 83.5 Å². The lowest BCUT2D eigenvalue weighted by atomic mass is 9.43. The minimum absolute atomic E-state index is 0.00426. The van der Waals surface area contributed by atoms with Crippen molar-refractivity contribution >= 4 is 24.8 Å². The topological polar surface area (TPSA) is 171 Å². The van der Waals surface area contributed by atoms with Gasteiger partial charge in [0.25, 0.3) is 5.96 Å². The van der Waals surface area contributed by atoms with Gasteiger partial charge in [0, 0.05) is 18.9 Å². The first-order valence-corrected chi connectivity index (χ1v) is 14.2. The summed E-state index contributed by atoms with van der Waals surface area (Å²) >= 11 is 0. The van der Waals surface area contributed by atoms with Crippen LogP contribution in [0.3, 0.4) is 0 Å². The third-order valence-electron chi connectivity index (χ3n) is 9.19. The van der Waals surface area contributed by atoms with Crippen molar-refractivity contribution in [2.75, 3.05) is 6.54 Å². The molecule has 6 atom stereocenters. The van der Waals surface area contributed by atoms with Gasteiger partial charge in [-0.2, -0.15) is 0 Å². The second kappa shape index (κ2) is 11.9. The summed E-state index contributed by atoms with van der Waals surface area (Å²) in [6.07, 6.45) is 6.25. The van der Waals surface area contributed by atoms with Gasteiger partial charge in [-0.1, -0.05) is 33.1 Å². The van der Waals surface area contributed by atoms with Crippen molar-refractivity contribution in [3.8, 4) is 0 Å². The Morgan fingerprint density at radius 3 is 2.67 bits per heavy atom. The molecule has 1 aliphatic heterocycles. The van der Waals surface area contributed by atoms with E-state index in [1.807, 2.05) is 0 Å². The SMILES string of the molecule is CC(C)C[C@H](NC(=O)[C@H](CCCN=C(N)N[N+](=O)[O-])CC(=O)c1ccoc1)B1O[C@@H]2C[C@H]3C[C@H](C3(C)C)[C@]2(C)O1. The van der Waals surface area contributed by atoms with E-state index in [1.54, 1.807) is 11.5 Å². The molecule has 0 unspecified atom stereocenters. The predicted molar refractivity (Wildman–Crippen MR) is 148 cm³/mol. The van der Waals surface area contributed by atoms with Gasteiger partial charge in [-0.25, -0.2) is 15.1 Å². The Morgan fingerprint density at radius 2 is 2.05 bits per heavy atom. The Balaban J connectivity index is 1.45. The van der Waals surface area contributed by atoms with E-state index in [1.165, 1.54) is 12.5 Å². The molecule has 2 bridgehead atoms. The highest BCUT2D eigenvalue weighted by Gasteiger charge is 2.68. The first-order chi connectivity index (χ1) is 18.8. The van der Waals surface area contributed by atoms with Crippen molar-refractivity contribution < 1.29 is 28.3 Å². The Morgan fingerprint density at radius 1 is 1.30 bits per heavy atom. The van der Waals surface area contributed by atoms with Crippen LogP contribution >= 0.6 is 0 Å². The van der Waals surface area contributed by atoms with E-state index in [9.17, 15) is 19.7 Å². The molecule has 40 heavy (non-hydrogen) atoms. The second-order valence-corrected chi connectivity index (χ2v) is 12.7. The highest BCUT2D eigenvalue weighted by molar-refractivity contribution is 6.47. The van der Waals surface area contributed by atoms with E-state index < -0.39 is 23.7 Å². The number of rotatable bonds is 13. The second-order valence-electron chi connectivity index (χ2n) is 12.7. The Labute approximate surface area is 235 Å². The molecule has 4 fully saturated rings. The Hall–Kier alpha value is -2.93. The van der Waals surface area contributed by atoms with Crippen molar-refractivity contribution in [1.82, 2.24) is 10.7 Å². The Bertz CT molecular complexity index is 1110. The average molecular weight is 559 g/mol. The fourth-order valence-corrected chi connectivity index (χ4v) is 6.87. The van der Waals surface area contributed by atoms with E-state index >= 15 is 0 Å². The van der Waals surface area contributed by atoms with Crippen molar-refractivity contribution in [2.24, 2.45) is 39.8 Å². The largest absolute Gasteiger partial charge is 0.481 e. The van der Waals surface area contributed by atoms with Crippen LogP contribution in [0.2, 0.25) is 0 Å². The number of hydrogen-bond donors (Lipinski definition) is 3. The van der Waals surface area contributed by atoms with Crippen molar-refractivity contribution in [1.29, 1.82) is 0 Å². The molecule has 12 nitrogen and oxygen atoms in total. The van der Waals surface area contributed by atoms with Crippen LogP contribution in [0, 0.1) is 39.2 Å². The van der Waals surface area contributed by atoms with E-state index in [0.29, 0.717) is 36.7 Å². The maximum Gasteiger partial charge on any atom is 0.481 e. The fraction of sp³-hybridized carbons (Fsp3) is 0.741. The molecule has 1 amide bonds. The fourth-order valence-electron chi connectivity index (χ4n) is 6.87. The molecule has 3 saturated carbocycles. The summed E-state index contributed by atoms with van der Waals surface area (Å²) in [5, 5.41) is 12.9. The Kier molecular flexibility index (Phi) is 8.94. The maximum absolute atomic E-state index is 13.7. The number of carbonyl (C=O) groups is 2. The summed E-state index contributed by atoms with van der Waals surface area (Å²) < 4.78 is 18.2. The number of furan rings is 1. The van der Waals surface area contributed by atoms with Crippen molar-refractivity contribution in [2.45, 2.75) is 90.8 Å². The van der Waals surface area contributed by atoms with Crippen LogP contribution in [-0.4, -0.2) is 54.0 Å². The smallest absolute Gasteiger partial charge is 0.472 e. The molecule has 0 spiro atoms. The van der Waals surface area contributed by atoms with E-state index in [4.69, 9.17) is 19.5 Å². The van der Waals surface area contributed by atoms with Crippen LogP contribution < -0.4 is 16.5 Å². The molecule has 220 valence electrons. The number of nitrogens with zero attached hydrogens (tertiary/aromatic N) is 2. The number of Topliss-reactive ketones (excluding diaryl/α,β-unsaturated/α-hetero) is 1. The van der Waals surface area contributed by atoms with E-state index in [0.717, 1.165) is 12.8 Å². The first kappa shape index (κ1) is 30.0. The van der Waals surface area contributed by atoms with Crippen LogP contribution in [0.5, 0.6) is 0 Å². The molecule has 13 heteroatoms. The van der Waals surface area contributed by atoms with Gasteiger partial charge in [0.2, 0.25) is 5.91 Å². The number of nitro groups is 1. The number of hydrazine groups is 1. The molecule has 1 aromatic rings. The highest BCUT2D eigenvalue weighted by atomic mass is 16.7. The number of ketones is 1. The number of guanidine groups is 1. The average Bonchev–Trinajstić information content (AvgIpc) is 3.52. The zero-order chi connectivity index (χ0) is 29.2. The standard InChI is InChI=1S/C27H42BN5O7/c1-16(2)11-23(28-39-22-14-19-13-21(26(19,3)4)27(22,5)40-28)31-24(35)17(12-20(34)18-8-10-38-15-18)7-6-9-30-25(29)32-33(36)37/h8,10,15-17,19,21-23H,6-7,9,11-14H2,1-5H3,(H,31,35)(H3,29,30,32)/t17-,19-,21-,22-,23+,27+/m1/s1. The normalized spacial score (nSPS) is 28.4. The minimum atomic E-state index is -0.790. The lowest BCUT2D eigenvalue weighted by Gasteiger charge is -2.64. The maximum atomic E-state index is 13.7. The van der Waals surface area contributed by atoms with Gasteiger partial charge in [0.1, 0.15) is 6.26 Å². The van der Waals surface area contributed by atoms with Crippen molar-refractivity contribution in [3.63, 3.8) is 0 Å². The number of amides is 1. The molecule has 0 radical (unpaired) electrons. The van der Waals surface area contributed by atoms with Gasteiger partial charge in [-0.3, -0.25) is 9.59 Å². The summed E-state index contributed by atoms with van der Waals surface area (Å²) in [5.74, 6) is -0.517. The summed E-state index contributed by atoms with van der Waals surface area (Å²) in [5.41, 5.74) is 7.50. The van der Waals surface area contributed by atoms with E-state index in [2.05, 4.69) is 44.9 Å². The number of aliphatic imine (C=N–C) groups is 1. The van der Waals surface area contributed by atoms with Crippen LogP contribution in [0.15, 0.2) is 28.0 Å². The third-order valence-corrected chi connectivity index (χ3v) is 9.19. The van der Waals surface area contributed by atoms with E-state index in [-0.39, 0.29) is 54.0 Å².